The fourth-order valence-corrected chi connectivity index (χ4v) is 6.27. The second kappa shape index (κ2) is 21.8. The molecule has 0 bridgehead atoms. The second-order valence-corrected chi connectivity index (χ2v) is 13.3. The van der Waals surface area contributed by atoms with Crippen LogP contribution in [-0.2, 0) is 9.84 Å². The largest absolute Gasteiger partial charge is 0.504 e. The molecule has 0 unspecified atom stereocenters. The molecule has 0 aliphatic carbocycles. The minimum atomic E-state index is -3.52. The molecule has 0 spiro atoms. The molecule has 2 rings (SSSR count). The summed E-state index contributed by atoms with van der Waals surface area (Å²) in [5.74, 6) is -1.22. The Balaban J connectivity index is 1.48. The van der Waals surface area contributed by atoms with Crippen molar-refractivity contribution < 1.29 is 38.0 Å². The topological polar surface area (TPSA) is 130 Å². The molecule has 0 heterocycles. The molecule has 2 aromatic carbocycles. The number of aliphatic hydroxyl groups is 1. The number of rotatable bonds is 26. The van der Waals surface area contributed by atoms with Gasteiger partial charge >= 0.3 is 5.97 Å². The van der Waals surface area contributed by atoms with Gasteiger partial charge in [-0.2, -0.15) is 0 Å². The van der Waals surface area contributed by atoms with Crippen molar-refractivity contribution in [1.82, 2.24) is 0 Å². The zero-order chi connectivity index (χ0) is 31.2. The van der Waals surface area contributed by atoms with Crippen LogP contribution in [0.5, 0.6) is 17.2 Å². The van der Waals surface area contributed by atoms with E-state index in [4.69, 9.17) is 19.7 Å². The molecule has 0 amide bonds. The van der Waals surface area contributed by atoms with Crippen molar-refractivity contribution in [2.75, 3.05) is 25.6 Å². The number of carboxylic acid groups (broad SMARTS) is 1. The lowest BCUT2D eigenvalue weighted by molar-refractivity contribution is 0.0692. The highest BCUT2D eigenvalue weighted by molar-refractivity contribution is 7.91. The summed E-state index contributed by atoms with van der Waals surface area (Å²) in [5, 5.41) is 27.8. The zero-order valence-electron chi connectivity index (χ0n) is 25.7. The van der Waals surface area contributed by atoms with E-state index in [-0.39, 0.29) is 35.0 Å². The van der Waals surface area contributed by atoms with Crippen LogP contribution < -0.4 is 9.47 Å². The summed E-state index contributed by atoms with van der Waals surface area (Å²) < 4.78 is 36.5. The first-order chi connectivity index (χ1) is 20.8. The number of phenols is 1. The smallest absolute Gasteiger partial charge is 0.339 e. The van der Waals surface area contributed by atoms with Gasteiger partial charge in [-0.1, -0.05) is 96.0 Å². The molecule has 0 aliphatic heterocycles. The third-order valence-corrected chi connectivity index (χ3v) is 9.36. The van der Waals surface area contributed by atoms with Crippen molar-refractivity contribution >= 4 is 15.8 Å². The summed E-state index contributed by atoms with van der Waals surface area (Å²) >= 11 is 0. The normalized spacial score (nSPS) is 11.5. The first kappa shape index (κ1) is 36.4. The molecule has 2 aromatic rings. The van der Waals surface area contributed by atoms with Gasteiger partial charge in [0.1, 0.15) is 11.3 Å². The van der Waals surface area contributed by atoms with E-state index in [1.165, 1.54) is 95.2 Å². The van der Waals surface area contributed by atoms with Crippen LogP contribution in [0.2, 0.25) is 0 Å². The lowest BCUT2D eigenvalue weighted by Crippen LogP contribution is -2.11. The van der Waals surface area contributed by atoms with Crippen LogP contribution in [-0.4, -0.2) is 55.3 Å². The predicted octanol–water partition coefficient (Wildman–Crippen LogP) is 7.95. The van der Waals surface area contributed by atoms with E-state index in [0.717, 1.165) is 25.7 Å². The van der Waals surface area contributed by atoms with E-state index in [1.807, 2.05) is 0 Å². The maximum absolute atomic E-state index is 12.7. The van der Waals surface area contributed by atoms with E-state index in [9.17, 15) is 18.3 Å². The molecule has 0 saturated heterocycles. The van der Waals surface area contributed by atoms with Gasteiger partial charge in [0.15, 0.2) is 21.3 Å². The van der Waals surface area contributed by atoms with Crippen molar-refractivity contribution in [3.05, 3.63) is 48.0 Å². The molecule has 43 heavy (non-hydrogen) atoms. The van der Waals surface area contributed by atoms with Gasteiger partial charge in [0.2, 0.25) is 0 Å². The van der Waals surface area contributed by atoms with Gasteiger partial charge < -0.3 is 24.8 Å². The number of unbranched alkanes of at least 4 members (excludes halogenated alkanes) is 15. The predicted molar refractivity (Wildman–Crippen MR) is 170 cm³/mol. The Morgan fingerprint density at radius 2 is 1.12 bits per heavy atom. The summed E-state index contributed by atoms with van der Waals surface area (Å²) in [6.45, 7) is 0.960. The van der Waals surface area contributed by atoms with E-state index in [0.29, 0.717) is 19.0 Å². The summed E-state index contributed by atoms with van der Waals surface area (Å²) in [6, 6.07) is 10.6. The Bertz CT molecular complexity index is 1130. The summed E-state index contributed by atoms with van der Waals surface area (Å²) in [7, 11) is -3.52. The molecule has 0 radical (unpaired) electrons. The molecule has 0 atom stereocenters. The molecule has 0 saturated carbocycles. The quantitative estimate of drug-likeness (QED) is 0.0904. The highest BCUT2D eigenvalue weighted by Gasteiger charge is 2.16. The van der Waals surface area contributed by atoms with Crippen LogP contribution in [0.3, 0.4) is 0 Å². The third-order valence-electron chi connectivity index (χ3n) is 7.55. The van der Waals surface area contributed by atoms with Crippen LogP contribution in [0.15, 0.2) is 47.4 Å². The first-order valence-corrected chi connectivity index (χ1v) is 17.7. The number of carbonyl (C=O) groups is 1. The number of sulfone groups is 1. The van der Waals surface area contributed by atoms with Crippen molar-refractivity contribution in [1.29, 1.82) is 0 Å². The average Bonchev–Trinajstić information content (AvgIpc) is 2.99. The summed E-state index contributed by atoms with van der Waals surface area (Å²) in [5.41, 5.74) is -0.270. The average molecular weight is 621 g/mol. The fraction of sp³-hybridized carbons (Fsp3) is 0.618. The number of hydrogen-bond acceptors (Lipinski definition) is 7. The number of aliphatic hydroxyl groups excluding tert-OH is 1. The standard InChI is InChI=1S/C34H52O8S/c35-25-15-13-11-9-7-5-3-1-2-4-6-8-10-12-14-16-26-41-29-21-23-30(24-22-29)43(39,40)28-18-27-42-32-20-17-19-31(33(32)36)34(37)38/h17,19-24,35-36H,1-16,18,25-28H2,(H,37,38). The van der Waals surface area contributed by atoms with Crippen molar-refractivity contribution in [3.8, 4) is 17.2 Å². The number of aromatic carboxylic acids is 1. The number of carboxylic acids is 1. The maximum Gasteiger partial charge on any atom is 0.339 e. The van der Waals surface area contributed by atoms with Gasteiger partial charge in [-0.3, -0.25) is 0 Å². The SMILES string of the molecule is O=C(O)c1cccc(OCCCS(=O)(=O)c2ccc(OCCCCCCCCCCCCCCCCCCO)cc2)c1O. The molecule has 0 fully saturated rings. The van der Waals surface area contributed by atoms with E-state index in [2.05, 4.69) is 0 Å². The van der Waals surface area contributed by atoms with Crippen LogP contribution in [0.4, 0.5) is 0 Å². The molecule has 0 aromatic heterocycles. The van der Waals surface area contributed by atoms with Crippen LogP contribution in [0.1, 0.15) is 120 Å². The minimum absolute atomic E-state index is 0.00795. The second-order valence-electron chi connectivity index (χ2n) is 11.2. The van der Waals surface area contributed by atoms with Crippen LogP contribution in [0.25, 0.3) is 0 Å². The number of ether oxygens (including phenoxy) is 2. The molecule has 9 heteroatoms. The molecule has 242 valence electrons. The monoisotopic (exact) mass is 620 g/mol. The number of aromatic hydroxyl groups is 1. The minimum Gasteiger partial charge on any atom is -0.504 e. The van der Waals surface area contributed by atoms with Crippen molar-refractivity contribution in [2.45, 2.75) is 114 Å². The number of para-hydroxylation sites is 1. The van der Waals surface area contributed by atoms with Gasteiger partial charge in [0.05, 0.1) is 23.9 Å². The highest BCUT2D eigenvalue weighted by Crippen LogP contribution is 2.30. The van der Waals surface area contributed by atoms with E-state index < -0.39 is 21.6 Å². The zero-order valence-corrected chi connectivity index (χ0v) is 26.5. The molecule has 3 N–H and O–H groups in total. The maximum atomic E-state index is 12.7. The summed E-state index contributed by atoms with van der Waals surface area (Å²) in [4.78, 5) is 11.3. The highest BCUT2D eigenvalue weighted by atomic mass is 32.2. The molecular weight excluding hydrogens is 568 g/mol. The van der Waals surface area contributed by atoms with Gasteiger partial charge in [-0.25, -0.2) is 13.2 Å². The number of benzene rings is 2. The van der Waals surface area contributed by atoms with Gasteiger partial charge in [-0.05, 0) is 55.7 Å². The van der Waals surface area contributed by atoms with Crippen LogP contribution in [0, 0.1) is 0 Å². The van der Waals surface area contributed by atoms with E-state index >= 15 is 0 Å². The Morgan fingerprint density at radius 3 is 1.63 bits per heavy atom. The van der Waals surface area contributed by atoms with Crippen LogP contribution >= 0.6 is 0 Å². The Kier molecular flexibility index (Phi) is 18.5. The Labute approximate surface area is 258 Å². The molecule has 8 nitrogen and oxygen atoms in total. The first-order valence-electron chi connectivity index (χ1n) is 16.1. The lowest BCUT2D eigenvalue weighted by Gasteiger charge is -2.10. The number of hydrogen-bond donors (Lipinski definition) is 3. The fourth-order valence-electron chi connectivity index (χ4n) is 4.98. The van der Waals surface area contributed by atoms with Crippen molar-refractivity contribution in [3.63, 3.8) is 0 Å². The lowest BCUT2D eigenvalue weighted by atomic mass is 10.0. The van der Waals surface area contributed by atoms with Crippen molar-refractivity contribution in [2.24, 2.45) is 0 Å². The molecular formula is C34H52O8S. The summed E-state index contributed by atoms with van der Waals surface area (Å²) in [6.07, 6.45) is 20.2. The van der Waals surface area contributed by atoms with E-state index in [1.54, 1.807) is 24.3 Å². The van der Waals surface area contributed by atoms with Gasteiger partial charge in [0, 0.05) is 6.61 Å². The van der Waals surface area contributed by atoms with Gasteiger partial charge in [0.25, 0.3) is 0 Å². The van der Waals surface area contributed by atoms with Gasteiger partial charge in [-0.15, -0.1) is 0 Å². The third kappa shape index (κ3) is 15.5. The Morgan fingerprint density at radius 1 is 0.628 bits per heavy atom. The molecule has 0 aliphatic rings. The Hall–Kier alpha value is -2.78.